The number of hydrogen-bond acceptors (Lipinski definition) is 5. The first-order valence-corrected chi connectivity index (χ1v) is 12.4. The van der Waals surface area contributed by atoms with Crippen LogP contribution in [0, 0.1) is 12.3 Å². The number of carbonyl (C=O) groups is 2. The summed E-state index contributed by atoms with van der Waals surface area (Å²) in [6.45, 7) is 13.3. The molecular formula is C24H38N4O2S. The van der Waals surface area contributed by atoms with Gasteiger partial charge < -0.3 is 15.1 Å². The van der Waals surface area contributed by atoms with E-state index in [1.54, 1.807) is 0 Å². The van der Waals surface area contributed by atoms with Crippen molar-refractivity contribution < 1.29 is 9.59 Å². The number of carbonyl (C=O) groups excluding carboxylic acids is 2. The van der Waals surface area contributed by atoms with Crippen LogP contribution >= 0.6 is 11.3 Å². The lowest BCUT2D eigenvalue weighted by Gasteiger charge is -2.41. The number of piperidine rings is 1. The normalized spacial score (nSPS) is 27.0. The average Bonchev–Trinajstić information content (AvgIpc) is 3.27. The molecule has 0 aliphatic carbocycles. The van der Waals surface area contributed by atoms with Crippen molar-refractivity contribution in [3.8, 4) is 0 Å². The molecule has 0 saturated carbocycles. The maximum Gasteiger partial charge on any atom is 0.243 e. The van der Waals surface area contributed by atoms with Gasteiger partial charge in [-0.05, 0) is 50.8 Å². The largest absolute Gasteiger partial charge is 0.348 e. The van der Waals surface area contributed by atoms with Crippen molar-refractivity contribution in [2.75, 3.05) is 33.2 Å². The molecule has 31 heavy (non-hydrogen) atoms. The average molecular weight is 447 g/mol. The van der Waals surface area contributed by atoms with Gasteiger partial charge in [-0.25, -0.2) is 0 Å². The smallest absolute Gasteiger partial charge is 0.243 e. The molecule has 0 bridgehead atoms. The van der Waals surface area contributed by atoms with E-state index in [0.717, 1.165) is 45.4 Å². The van der Waals surface area contributed by atoms with Crippen LogP contribution in [0.25, 0.3) is 0 Å². The van der Waals surface area contributed by atoms with E-state index in [-0.39, 0.29) is 34.9 Å². The third-order valence-electron chi connectivity index (χ3n) is 7.12. The molecule has 0 radical (unpaired) electrons. The summed E-state index contributed by atoms with van der Waals surface area (Å²) < 4.78 is 0. The summed E-state index contributed by atoms with van der Waals surface area (Å²) in [7, 11) is 2.12. The fourth-order valence-electron chi connectivity index (χ4n) is 5.55. The second-order valence-corrected chi connectivity index (χ2v) is 12.5. The van der Waals surface area contributed by atoms with Gasteiger partial charge in [-0.3, -0.25) is 14.5 Å². The molecule has 172 valence electrons. The molecule has 3 saturated heterocycles. The lowest BCUT2D eigenvalue weighted by atomic mass is 9.84. The van der Waals surface area contributed by atoms with Gasteiger partial charge in [0, 0.05) is 48.5 Å². The Labute approximate surface area is 191 Å². The van der Waals surface area contributed by atoms with Crippen molar-refractivity contribution >= 4 is 23.2 Å². The fraction of sp³-hybridized carbons (Fsp3) is 0.750. The highest BCUT2D eigenvalue weighted by Gasteiger charge is 2.49. The molecule has 0 unspecified atom stereocenters. The fourth-order valence-corrected chi connectivity index (χ4v) is 6.48. The van der Waals surface area contributed by atoms with E-state index in [0.29, 0.717) is 13.0 Å². The van der Waals surface area contributed by atoms with Crippen LogP contribution in [0.4, 0.5) is 0 Å². The monoisotopic (exact) mass is 446 g/mol. The lowest BCUT2D eigenvalue weighted by molar-refractivity contribution is -0.135. The van der Waals surface area contributed by atoms with Gasteiger partial charge in [0.1, 0.15) is 6.04 Å². The minimum Gasteiger partial charge on any atom is -0.348 e. The third kappa shape index (κ3) is 5.15. The quantitative estimate of drug-likeness (QED) is 0.773. The number of hydrogen-bond donors (Lipinski definition) is 1. The molecule has 1 N–H and O–H groups in total. The molecule has 3 fully saturated rings. The standard InChI is InChI=1S/C24H38N4O2S/c1-17-6-7-19(31-17)15-27-10-8-24(9-11-27)13-21(29)28-14-18(12-20(28)22(30)25-24)26(5)16-23(2,3)4/h6-7,18,20H,8-16H2,1-5H3,(H,25,30)/t18-,20-/m0/s1. The van der Waals surface area contributed by atoms with Gasteiger partial charge in [0.25, 0.3) is 0 Å². The highest BCUT2D eigenvalue weighted by atomic mass is 32.1. The number of nitrogens with one attached hydrogen (secondary N) is 1. The molecule has 6 nitrogen and oxygen atoms in total. The third-order valence-corrected chi connectivity index (χ3v) is 8.10. The molecule has 1 aromatic heterocycles. The highest BCUT2D eigenvalue weighted by molar-refractivity contribution is 7.11. The van der Waals surface area contributed by atoms with Crippen molar-refractivity contribution in [3.63, 3.8) is 0 Å². The van der Waals surface area contributed by atoms with Gasteiger partial charge in [-0.1, -0.05) is 20.8 Å². The summed E-state index contributed by atoms with van der Waals surface area (Å²) in [5.41, 5.74) is -0.173. The second kappa shape index (κ2) is 8.49. The Kier molecular flexibility index (Phi) is 6.23. The van der Waals surface area contributed by atoms with Gasteiger partial charge in [0.2, 0.25) is 11.8 Å². The molecule has 4 rings (SSSR count). The number of thiophene rings is 1. The molecule has 2 atom stereocenters. The summed E-state index contributed by atoms with van der Waals surface area (Å²) in [6, 6.07) is 4.33. The number of amides is 2. The van der Waals surface area contributed by atoms with Crippen molar-refractivity contribution in [3.05, 3.63) is 21.9 Å². The predicted octanol–water partition coefficient (Wildman–Crippen LogP) is 2.86. The van der Waals surface area contributed by atoms with Crippen LogP contribution in [0.15, 0.2) is 12.1 Å². The van der Waals surface area contributed by atoms with Crippen LogP contribution < -0.4 is 5.32 Å². The number of nitrogens with zero attached hydrogens (tertiary/aromatic N) is 3. The number of likely N-dealkylation sites (N-methyl/N-ethyl adjacent to an activating group) is 1. The minimum absolute atomic E-state index is 0.0554. The van der Waals surface area contributed by atoms with Gasteiger partial charge in [-0.2, -0.15) is 0 Å². The second-order valence-electron chi connectivity index (χ2n) is 11.2. The number of rotatable bonds is 4. The number of fused-ring (bicyclic) bond motifs is 1. The van der Waals surface area contributed by atoms with Crippen molar-refractivity contribution in [2.24, 2.45) is 5.41 Å². The van der Waals surface area contributed by atoms with E-state index in [1.165, 1.54) is 9.75 Å². The molecule has 2 amide bonds. The summed E-state index contributed by atoms with van der Waals surface area (Å²) >= 11 is 1.85. The summed E-state index contributed by atoms with van der Waals surface area (Å²) in [5, 5.41) is 3.35. The molecule has 1 spiro atoms. The van der Waals surface area contributed by atoms with E-state index in [1.807, 2.05) is 16.2 Å². The zero-order valence-corrected chi connectivity index (χ0v) is 20.6. The van der Waals surface area contributed by atoms with Crippen LogP contribution in [0.2, 0.25) is 0 Å². The SMILES string of the molecule is Cc1ccc(CN2CCC3(CC2)CC(=O)N2C[C@@H](N(C)CC(C)(C)C)C[C@H]2C(=O)N3)s1. The van der Waals surface area contributed by atoms with E-state index >= 15 is 0 Å². The van der Waals surface area contributed by atoms with Crippen molar-refractivity contribution in [2.45, 2.75) is 77.5 Å². The Bertz CT molecular complexity index is 794. The minimum atomic E-state index is -0.368. The molecule has 1 aromatic rings. The Morgan fingerprint density at radius 3 is 2.55 bits per heavy atom. The first-order chi connectivity index (χ1) is 14.5. The molecule has 0 aromatic carbocycles. The van der Waals surface area contributed by atoms with E-state index < -0.39 is 0 Å². The van der Waals surface area contributed by atoms with Gasteiger partial charge in [-0.15, -0.1) is 11.3 Å². The van der Waals surface area contributed by atoms with E-state index in [4.69, 9.17) is 0 Å². The highest BCUT2D eigenvalue weighted by Crippen LogP contribution is 2.34. The first kappa shape index (κ1) is 22.7. The maximum absolute atomic E-state index is 13.2. The van der Waals surface area contributed by atoms with Crippen molar-refractivity contribution in [1.29, 1.82) is 0 Å². The zero-order chi connectivity index (χ0) is 22.4. The van der Waals surface area contributed by atoms with Gasteiger partial charge in [0.15, 0.2) is 0 Å². The Morgan fingerprint density at radius 1 is 1.23 bits per heavy atom. The topological polar surface area (TPSA) is 55.9 Å². The Balaban J connectivity index is 1.37. The van der Waals surface area contributed by atoms with Crippen molar-refractivity contribution in [1.82, 2.24) is 20.0 Å². The van der Waals surface area contributed by atoms with Gasteiger partial charge >= 0.3 is 0 Å². The summed E-state index contributed by atoms with van der Waals surface area (Å²) in [4.78, 5) is 35.8. The molecule has 7 heteroatoms. The Hall–Kier alpha value is -1.44. The molecule has 3 aliphatic rings. The van der Waals surface area contributed by atoms with E-state index in [9.17, 15) is 9.59 Å². The molecule has 4 heterocycles. The zero-order valence-electron chi connectivity index (χ0n) is 19.7. The van der Waals surface area contributed by atoms with Crippen LogP contribution in [0.3, 0.4) is 0 Å². The number of aryl methyl sites for hydroxylation is 1. The van der Waals surface area contributed by atoms with Crippen LogP contribution in [-0.4, -0.2) is 77.4 Å². The van der Waals surface area contributed by atoms with Crippen LogP contribution in [0.5, 0.6) is 0 Å². The Morgan fingerprint density at radius 2 is 1.94 bits per heavy atom. The van der Waals surface area contributed by atoms with Crippen LogP contribution in [0.1, 0.15) is 56.2 Å². The number of likely N-dealkylation sites (tertiary alicyclic amines) is 1. The summed E-state index contributed by atoms with van der Waals surface area (Å²) in [6.07, 6.45) is 2.88. The summed E-state index contributed by atoms with van der Waals surface area (Å²) in [5.74, 6) is 0.206. The van der Waals surface area contributed by atoms with Gasteiger partial charge in [0.05, 0.1) is 12.0 Å². The predicted molar refractivity (Wildman–Crippen MR) is 125 cm³/mol. The molecular weight excluding hydrogens is 408 g/mol. The van der Waals surface area contributed by atoms with Crippen LogP contribution in [-0.2, 0) is 16.1 Å². The maximum atomic E-state index is 13.2. The molecule has 3 aliphatic heterocycles. The first-order valence-electron chi connectivity index (χ1n) is 11.6. The lowest BCUT2D eigenvalue weighted by Crippen LogP contribution is -2.56. The van der Waals surface area contributed by atoms with E-state index in [2.05, 4.69) is 62.0 Å².